The molecule has 1 aromatic carbocycles. The second kappa shape index (κ2) is 8.25. The van der Waals surface area contributed by atoms with Gasteiger partial charge in [-0.2, -0.15) is 0 Å². The highest BCUT2D eigenvalue weighted by atomic mass is 28.4. The Hall–Kier alpha value is -2.68. The molecule has 0 aliphatic rings. The van der Waals surface area contributed by atoms with E-state index in [1.165, 1.54) is 31.4 Å². The van der Waals surface area contributed by atoms with Crippen molar-refractivity contribution in [2.75, 3.05) is 7.11 Å². The summed E-state index contributed by atoms with van der Waals surface area (Å²) in [6.07, 6.45) is 0. The van der Waals surface area contributed by atoms with Gasteiger partial charge in [0, 0.05) is 12.1 Å². The fraction of sp³-hybridized carbons (Fsp3) is 0.333. The number of nitro benzene ring substituents is 1. The van der Waals surface area contributed by atoms with Crippen LogP contribution >= 0.6 is 0 Å². The van der Waals surface area contributed by atoms with E-state index in [0.717, 1.165) is 0 Å². The Kier molecular flexibility index (Phi) is 6.65. The molecule has 0 heterocycles. The number of ether oxygens (including phenoxy) is 1. The normalized spacial score (nSPS) is 11.6. The molecule has 9 heteroatoms. The third-order valence-electron chi connectivity index (χ3n) is 2.59. The number of nitro groups is 1. The van der Waals surface area contributed by atoms with Crippen molar-refractivity contribution in [2.45, 2.75) is 26.2 Å². The van der Waals surface area contributed by atoms with Gasteiger partial charge < -0.3 is 14.0 Å². The predicted octanol–water partition coefficient (Wildman–Crippen LogP) is 3.01. The number of hydrogen-bond acceptors (Lipinski definition) is 7. The van der Waals surface area contributed by atoms with Crippen LogP contribution in [0.1, 0.15) is 5.56 Å². The third-order valence-corrected chi connectivity index (χ3v) is 3.45. The Morgan fingerprint density at radius 1 is 1.29 bits per heavy atom. The number of nitrogens with zero attached hydrogens (tertiary/aromatic N) is 2. The molecule has 130 valence electrons. The van der Waals surface area contributed by atoms with Crippen molar-refractivity contribution in [3.05, 3.63) is 52.3 Å². The molecule has 0 radical (unpaired) electrons. The lowest BCUT2D eigenvalue weighted by Gasteiger charge is -2.20. The number of non-ortho nitro benzene ring substituents is 1. The molecule has 0 fully saturated rings. The van der Waals surface area contributed by atoms with Crippen molar-refractivity contribution in [2.24, 2.45) is 5.16 Å². The molecular formula is C15H20N2O6Si. The highest BCUT2D eigenvalue weighted by molar-refractivity contribution is 6.70. The Bertz CT molecular complexity index is 649. The van der Waals surface area contributed by atoms with Crippen molar-refractivity contribution in [1.82, 2.24) is 0 Å². The van der Waals surface area contributed by atoms with Crippen LogP contribution in [0.3, 0.4) is 0 Å². The lowest BCUT2D eigenvalue weighted by Crippen LogP contribution is -2.30. The van der Waals surface area contributed by atoms with Crippen LogP contribution in [-0.2, 0) is 25.4 Å². The van der Waals surface area contributed by atoms with Crippen LogP contribution < -0.4 is 0 Å². The van der Waals surface area contributed by atoms with Gasteiger partial charge in [0.25, 0.3) is 5.69 Å². The van der Waals surface area contributed by atoms with Crippen LogP contribution in [0.4, 0.5) is 5.69 Å². The molecule has 24 heavy (non-hydrogen) atoms. The first-order valence-corrected chi connectivity index (χ1v) is 10.4. The van der Waals surface area contributed by atoms with Gasteiger partial charge >= 0.3 is 5.97 Å². The molecule has 8 nitrogen and oxygen atoms in total. The Morgan fingerprint density at radius 2 is 1.88 bits per heavy atom. The Balaban J connectivity index is 2.74. The van der Waals surface area contributed by atoms with E-state index in [0.29, 0.717) is 5.56 Å². The largest absolute Gasteiger partial charge is 0.543 e. The van der Waals surface area contributed by atoms with Crippen LogP contribution in [0.15, 0.2) is 41.8 Å². The van der Waals surface area contributed by atoms with E-state index in [1.807, 2.05) is 19.6 Å². The average Bonchev–Trinajstić information content (AvgIpc) is 2.48. The number of carbonyl (C=O) groups is 1. The molecule has 0 amide bonds. The fourth-order valence-electron chi connectivity index (χ4n) is 1.64. The van der Waals surface area contributed by atoms with E-state index in [-0.39, 0.29) is 23.8 Å². The minimum Gasteiger partial charge on any atom is -0.543 e. The molecule has 0 saturated carbocycles. The van der Waals surface area contributed by atoms with E-state index < -0.39 is 19.2 Å². The molecule has 0 unspecified atom stereocenters. The molecule has 0 aromatic heterocycles. The topological polar surface area (TPSA) is 100 Å². The van der Waals surface area contributed by atoms with Crippen LogP contribution in [0.25, 0.3) is 0 Å². The Morgan fingerprint density at radius 3 is 2.33 bits per heavy atom. The standard InChI is InChI=1S/C15H20N2O6Si/c1-11(23-24(3,4)5)14(16-21-2)15(18)22-10-12-6-8-13(9-7-12)17(19)20/h6-9H,1,10H2,2-5H3/b16-14+. The second-order valence-corrected chi connectivity index (χ2v) is 10.2. The lowest BCUT2D eigenvalue weighted by molar-refractivity contribution is -0.384. The van der Waals surface area contributed by atoms with Gasteiger partial charge in [-0.25, -0.2) is 4.79 Å². The Labute approximate surface area is 141 Å². The van der Waals surface area contributed by atoms with E-state index in [2.05, 4.69) is 16.6 Å². The van der Waals surface area contributed by atoms with Gasteiger partial charge in [0.15, 0.2) is 0 Å². The molecule has 0 aliphatic heterocycles. The van der Waals surface area contributed by atoms with Gasteiger partial charge in [-0.05, 0) is 37.3 Å². The number of hydrogen-bond donors (Lipinski definition) is 0. The average molecular weight is 352 g/mol. The van der Waals surface area contributed by atoms with Crippen molar-refractivity contribution in [3.63, 3.8) is 0 Å². The van der Waals surface area contributed by atoms with E-state index >= 15 is 0 Å². The minimum atomic E-state index is -1.97. The summed E-state index contributed by atoms with van der Waals surface area (Å²) in [4.78, 5) is 26.9. The molecule has 0 spiro atoms. The SMILES string of the molecule is C=C(O[Si](C)(C)C)/C(=N\OC)C(=O)OCc1ccc([N+](=O)[O-])cc1. The maximum atomic E-state index is 12.1. The van der Waals surface area contributed by atoms with E-state index in [4.69, 9.17) is 9.16 Å². The first kappa shape index (κ1) is 19.4. The number of esters is 1. The molecule has 0 saturated heterocycles. The van der Waals surface area contributed by atoms with Crippen molar-refractivity contribution in [1.29, 1.82) is 0 Å². The van der Waals surface area contributed by atoms with Gasteiger partial charge in [0.2, 0.25) is 14.0 Å². The number of rotatable bonds is 8. The van der Waals surface area contributed by atoms with Crippen LogP contribution in [0.5, 0.6) is 0 Å². The highest BCUT2D eigenvalue weighted by Gasteiger charge is 2.25. The summed E-state index contributed by atoms with van der Waals surface area (Å²) in [5.74, 6) is -0.664. The number of benzene rings is 1. The van der Waals surface area contributed by atoms with Gasteiger partial charge in [-0.3, -0.25) is 10.1 Å². The van der Waals surface area contributed by atoms with E-state index in [9.17, 15) is 14.9 Å². The number of oxime groups is 1. The van der Waals surface area contributed by atoms with E-state index in [1.54, 1.807) is 0 Å². The summed E-state index contributed by atoms with van der Waals surface area (Å²) < 4.78 is 10.8. The zero-order valence-corrected chi connectivity index (χ0v) is 15.1. The van der Waals surface area contributed by atoms with Gasteiger partial charge in [-0.15, -0.1) is 0 Å². The quantitative estimate of drug-likeness (QED) is 0.178. The lowest BCUT2D eigenvalue weighted by atomic mass is 10.2. The number of carbonyl (C=O) groups excluding carboxylic acids is 1. The summed E-state index contributed by atoms with van der Waals surface area (Å²) in [6, 6.07) is 5.68. The molecule has 0 N–H and O–H groups in total. The van der Waals surface area contributed by atoms with Crippen LogP contribution in [0.2, 0.25) is 19.6 Å². The van der Waals surface area contributed by atoms with Gasteiger partial charge in [0.05, 0.1) is 4.92 Å². The van der Waals surface area contributed by atoms with Gasteiger partial charge in [0.1, 0.15) is 19.5 Å². The first-order chi connectivity index (χ1) is 11.1. The summed E-state index contributed by atoms with van der Waals surface area (Å²) in [5, 5.41) is 14.2. The predicted molar refractivity (Wildman–Crippen MR) is 90.9 cm³/mol. The summed E-state index contributed by atoms with van der Waals surface area (Å²) in [6.45, 7) is 9.43. The molecule has 0 bridgehead atoms. The smallest absolute Gasteiger partial charge is 0.364 e. The van der Waals surface area contributed by atoms with Crippen molar-refractivity contribution >= 4 is 25.7 Å². The van der Waals surface area contributed by atoms with Gasteiger partial charge in [-0.1, -0.05) is 11.7 Å². The maximum absolute atomic E-state index is 12.1. The molecule has 0 aliphatic carbocycles. The van der Waals surface area contributed by atoms with Crippen LogP contribution in [-0.4, -0.2) is 32.0 Å². The fourth-order valence-corrected chi connectivity index (χ4v) is 2.48. The van der Waals surface area contributed by atoms with Crippen molar-refractivity contribution < 1.29 is 23.7 Å². The first-order valence-electron chi connectivity index (χ1n) is 7.04. The highest BCUT2D eigenvalue weighted by Crippen LogP contribution is 2.14. The minimum absolute atomic E-state index is 0.0383. The summed E-state index contributed by atoms with van der Waals surface area (Å²) in [5.41, 5.74) is 0.410. The molecule has 1 rings (SSSR count). The molecular weight excluding hydrogens is 332 g/mol. The third kappa shape index (κ3) is 6.21. The van der Waals surface area contributed by atoms with Crippen LogP contribution in [0, 0.1) is 10.1 Å². The maximum Gasteiger partial charge on any atom is 0.364 e. The molecule has 0 atom stereocenters. The molecule has 1 aromatic rings. The summed E-state index contributed by atoms with van der Waals surface area (Å²) in [7, 11) is -0.672. The summed E-state index contributed by atoms with van der Waals surface area (Å²) >= 11 is 0. The zero-order chi connectivity index (χ0) is 18.3. The monoisotopic (exact) mass is 352 g/mol. The zero-order valence-electron chi connectivity index (χ0n) is 14.1. The van der Waals surface area contributed by atoms with Crippen molar-refractivity contribution in [3.8, 4) is 0 Å². The second-order valence-electron chi connectivity index (χ2n) is 5.76.